The number of benzene rings is 1. The van der Waals surface area contributed by atoms with Crippen molar-refractivity contribution >= 4 is 0 Å². The van der Waals surface area contributed by atoms with Gasteiger partial charge in [-0.3, -0.25) is 0 Å². The molecule has 0 bridgehead atoms. The van der Waals surface area contributed by atoms with Gasteiger partial charge in [0.05, 0.1) is 5.69 Å². The minimum atomic E-state index is 1.02. The third-order valence-corrected chi connectivity index (χ3v) is 2.58. The van der Waals surface area contributed by atoms with Crippen LogP contribution in [0.25, 0.3) is 11.3 Å². The molecule has 2 aromatic rings. The number of aryl methyl sites for hydroxylation is 1. The van der Waals surface area contributed by atoms with E-state index in [0.717, 1.165) is 23.4 Å². The Hall–Kier alpha value is -1.70. The van der Waals surface area contributed by atoms with Gasteiger partial charge in [-0.1, -0.05) is 43.7 Å². The Balaban J connectivity index is 2.22. The van der Waals surface area contributed by atoms with Crippen molar-refractivity contribution in [2.24, 2.45) is 0 Å². The number of hydrogen-bond donors (Lipinski definition) is 0. The van der Waals surface area contributed by atoms with E-state index in [1.54, 1.807) is 6.33 Å². The van der Waals surface area contributed by atoms with Crippen molar-refractivity contribution in [1.82, 2.24) is 9.97 Å². The molecule has 0 aliphatic heterocycles. The van der Waals surface area contributed by atoms with Crippen molar-refractivity contribution in [1.29, 1.82) is 0 Å². The number of rotatable bonds is 4. The minimum absolute atomic E-state index is 1.02. The third kappa shape index (κ3) is 2.66. The summed E-state index contributed by atoms with van der Waals surface area (Å²) < 4.78 is 0. The van der Waals surface area contributed by atoms with Crippen molar-refractivity contribution < 1.29 is 0 Å². The lowest BCUT2D eigenvalue weighted by atomic mass is 10.1. The van der Waals surface area contributed by atoms with E-state index in [9.17, 15) is 0 Å². The molecular weight excluding hydrogens is 196 g/mol. The maximum Gasteiger partial charge on any atom is 0.116 e. The van der Waals surface area contributed by atoms with Gasteiger partial charge in [0, 0.05) is 11.3 Å². The summed E-state index contributed by atoms with van der Waals surface area (Å²) in [4.78, 5) is 8.60. The zero-order valence-electron chi connectivity index (χ0n) is 9.56. The second kappa shape index (κ2) is 5.40. The lowest BCUT2D eigenvalue weighted by molar-refractivity contribution is 0.773. The Kier molecular flexibility index (Phi) is 3.65. The summed E-state index contributed by atoms with van der Waals surface area (Å²) in [5, 5.41) is 0. The van der Waals surface area contributed by atoms with E-state index in [2.05, 4.69) is 35.1 Å². The highest BCUT2D eigenvalue weighted by atomic mass is 14.8. The molecule has 0 N–H and O–H groups in total. The van der Waals surface area contributed by atoms with E-state index < -0.39 is 0 Å². The van der Waals surface area contributed by atoms with Crippen LogP contribution in [0.1, 0.15) is 25.5 Å². The van der Waals surface area contributed by atoms with Crippen molar-refractivity contribution in [3.8, 4) is 11.3 Å². The molecule has 82 valence electrons. The van der Waals surface area contributed by atoms with E-state index in [0.29, 0.717) is 0 Å². The summed E-state index contributed by atoms with van der Waals surface area (Å²) in [6.45, 7) is 2.19. The van der Waals surface area contributed by atoms with E-state index in [1.807, 2.05) is 18.2 Å². The Morgan fingerprint density at radius 2 is 1.88 bits per heavy atom. The van der Waals surface area contributed by atoms with Crippen LogP contribution >= 0.6 is 0 Å². The van der Waals surface area contributed by atoms with Gasteiger partial charge in [-0.2, -0.15) is 0 Å². The number of hydrogen-bond acceptors (Lipinski definition) is 2. The van der Waals surface area contributed by atoms with Gasteiger partial charge in [0.1, 0.15) is 6.33 Å². The molecule has 1 aromatic heterocycles. The molecule has 0 spiro atoms. The van der Waals surface area contributed by atoms with E-state index >= 15 is 0 Å². The van der Waals surface area contributed by atoms with Crippen LogP contribution in [0.15, 0.2) is 42.7 Å². The lowest BCUT2D eigenvalue weighted by Gasteiger charge is -2.03. The normalized spacial score (nSPS) is 10.3. The summed E-state index contributed by atoms with van der Waals surface area (Å²) in [7, 11) is 0. The zero-order valence-corrected chi connectivity index (χ0v) is 9.56. The average Bonchev–Trinajstić information content (AvgIpc) is 2.38. The quantitative estimate of drug-likeness (QED) is 0.775. The van der Waals surface area contributed by atoms with Crippen LogP contribution in [0.5, 0.6) is 0 Å². The second-order valence-corrected chi connectivity index (χ2v) is 3.86. The first-order valence-corrected chi connectivity index (χ1v) is 5.76. The summed E-state index contributed by atoms with van der Waals surface area (Å²) in [5.74, 6) is 0. The molecule has 2 nitrogen and oxygen atoms in total. The standard InChI is InChI=1S/C14H16N2/c1-2-3-9-13-10-14(16-11-15-13)12-7-5-4-6-8-12/h4-8,10-11H,2-3,9H2,1H3. The van der Waals surface area contributed by atoms with E-state index in [1.165, 1.54) is 12.8 Å². The molecule has 2 rings (SSSR count). The molecule has 0 atom stereocenters. The Morgan fingerprint density at radius 1 is 1.06 bits per heavy atom. The van der Waals surface area contributed by atoms with E-state index in [-0.39, 0.29) is 0 Å². The molecule has 0 radical (unpaired) electrons. The van der Waals surface area contributed by atoms with Crippen molar-refractivity contribution in [2.75, 3.05) is 0 Å². The Bertz CT molecular complexity index is 437. The molecule has 16 heavy (non-hydrogen) atoms. The van der Waals surface area contributed by atoms with Crippen LogP contribution in [0.4, 0.5) is 0 Å². The molecule has 0 amide bonds. The maximum absolute atomic E-state index is 4.31. The third-order valence-electron chi connectivity index (χ3n) is 2.58. The minimum Gasteiger partial charge on any atom is -0.241 e. The molecule has 1 heterocycles. The Labute approximate surface area is 96.4 Å². The fourth-order valence-corrected chi connectivity index (χ4v) is 1.66. The summed E-state index contributed by atoms with van der Waals surface area (Å²) >= 11 is 0. The van der Waals surface area contributed by atoms with Gasteiger partial charge >= 0.3 is 0 Å². The van der Waals surface area contributed by atoms with Gasteiger partial charge in [0.25, 0.3) is 0 Å². The highest BCUT2D eigenvalue weighted by molar-refractivity contribution is 5.58. The van der Waals surface area contributed by atoms with Gasteiger partial charge in [-0.15, -0.1) is 0 Å². The first-order chi connectivity index (χ1) is 7.90. The SMILES string of the molecule is CCCCc1cc(-c2ccccc2)ncn1. The predicted molar refractivity (Wildman–Crippen MR) is 66.1 cm³/mol. The van der Waals surface area contributed by atoms with Crippen molar-refractivity contribution in [3.63, 3.8) is 0 Å². The summed E-state index contributed by atoms with van der Waals surface area (Å²) in [5.41, 5.74) is 3.31. The lowest BCUT2D eigenvalue weighted by Crippen LogP contribution is -1.93. The molecule has 1 aromatic carbocycles. The molecule has 0 saturated carbocycles. The predicted octanol–water partition coefficient (Wildman–Crippen LogP) is 3.49. The fourth-order valence-electron chi connectivity index (χ4n) is 1.66. The van der Waals surface area contributed by atoms with Crippen LogP contribution in [0, 0.1) is 0 Å². The maximum atomic E-state index is 4.31. The zero-order chi connectivity index (χ0) is 11.2. The van der Waals surface area contributed by atoms with Crippen molar-refractivity contribution in [3.05, 3.63) is 48.4 Å². The number of unbranched alkanes of at least 4 members (excludes halogenated alkanes) is 1. The molecule has 0 aliphatic rings. The largest absolute Gasteiger partial charge is 0.241 e. The van der Waals surface area contributed by atoms with E-state index in [4.69, 9.17) is 0 Å². The van der Waals surface area contributed by atoms with Crippen molar-refractivity contribution in [2.45, 2.75) is 26.2 Å². The molecular formula is C14H16N2. The van der Waals surface area contributed by atoms with Crippen LogP contribution < -0.4 is 0 Å². The van der Waals surface area contributed by atoms with Gasteiger partial charge in [0.15, 0.2) is 0 Å². The number of nitrogens with zero attached hydrogens (tertiary/aromatic N) is 2. The van der Waals surface area contributed by atoms with Crippen LogP contribution in [-0.2, 0) is 6.42 Å². The first kappa shape index (κ1) is 10.8. The monoisotopic (exact) mass is 212 g/mol. The van der Waals surface area contributed by atoms with Gasteiger partial charge in [-0.25, -0.2) is 9.97 Å². The molecule has 0 aliphatic carbocycles. The van der Waals surface area contributed by atoms with Gasteiger partial charge in [-0.05, 0) is 18.9 Å². The average molecular weight is 212 g/mol. The fraction of sp³-hybridized carbons (Fsp3) is 0.286. The van der Waals surface area contributed by atoms with Crippen LogP contribution in [0.2, 0.25) is 0 Å². The van der Waals surface area contributed by atoms with Gasteiger partial charge in [0.2, 0.25) is 0 Å². The smallest absolute Gasteiger partial charge is 0.116 e. The highest BCUT2D eigenvalue weighted by Gasteiger charge is 2.00. The topological polar surface area (TPSA) is 25.8 Å². The molecule has 0 fully saturated rings. The Morgan fingerprint density at radius 3 is 2.62 bits per heavy atom. The molecule has 0 unspecified atom stereocenters. The number of aromatic nitrogens is 2. The van der Waals surface area contributed by atoms with Crippen LogP contribution in [-0.4, -0.2) is 9.97 Å². The molecule has 2 heteroatoms. The second-order valence-electron chi connectivity index (χ2n) is 3.86. The summed E-state index contributed by atoms with van der Waals surface area (Å²) in [6.07, 6.45) is 5.09. The van der Waals surface area contributed by atoms with Gasteiger partial charge < -0.3 is 0 Å². The highest BCUT2D eigenvalue weighted by Crippen LogP contribution is 2.16. The summed E-state index contributed by atoms with van der Waals surface area (Å²) in [6, 6.07) is 12.3. The first-order valence-electron chi connectivity index (χ1n) is 5.76. The molecule has 0 saturated heterocycles. The van der Waals surface area contributed by atoms with Crippen LogP contribution in [0.3, 0.4) is 0 Å².